The lowest BCUT2D eigenvalue weighted by Crippen LogP contribution is -2.60. The topological polar surface area (TPSA) is 192 Å². The number of hydrazine groups is 1. The van der Waals surface area contributed by atoms with Crippen LogP contribution >= 0.6 is 0 Å². The molecule has 2 unspecified atom stereocenters. The second-order valence-electron chi connectivity index (χ2n) is 12.7. The number of nitrogens with zero attached hydrogens (tertiary/aromatic N) is 1. The van der Waals surface area contributed by atoms with E-state index in [-0.39, 0.29) is 50.0 Å². The third-order valence-corrected chi connectivity index (χ3v) is 9.00. The summed E-state index contributed by atoms with van der Waals surface area (Å²) in [4.78, 5) is 91.3. The molecule has 3 rings (SSSR count). The number of hydrogen-bond acceptors (Lipinski definition) is 9. The number of carbonyl (C=O) groups excluding carboxylic acids is 7. The van der Waals surface area contributed by atoms with Crippen molar-refractivity contribution in [2.24, 2.45) is 11.8 Å². The minimum atomic E-state index is -1.28. The molecule has 5 amide bonds. The van der Waals surface area contributed by atoms with Crippen molar-refractivity contribution in [1.29, 1.82) is 0 Å². The van der Waals surface area contributed by atoms with Gasteiger partial charge in [0, 0.05) is 12.5 Å². The summed E-state index contributed by atoms with van der Waals surface area (Å²) in [7, 11) is 0. The fourth-order valence-electron chi connectivity index (χ4n) is 6.12. The zero-order chi connectivity index (χ0) is 37.3. The lowest BCUT2D eigenvalue weighted by Gasteiger charge is -2.34. The largest absolute Gasteiger partial charge is 0.449 e. The molecule has 0 bridgehead atoms. The molecule has 1 aliphatic heterocycles. The number of amides is 5. The van der Waals surface area contributed by atoms with Crippen LogP contribution in [0, 0.1) is 11.8 Å². The quantitative estimate of drug-likeness (QED) is 0.106. The molecule has 1 aliphatic carbocycles. The number of hydrogen-bond donors (Lipinski definition) is 5. The maximum absolute atomic E-state index is 14.0. The molecule has 14 nitrogen and oxygen atoms in total. The standard InChI is InChI=1S/C37H50N6O8/c1-5-8-19-28(33(46)35(48)38-22-30(45)41-31(24(4)44)26-15-11-9-12-16-26)40-34(47)29-20-21-39-43(29)36(49)32(27-17-13-10-14-18-27)42-37(50)51-23-25(6-2)7-3/h5-7,9,11-12,15-16,25,27-29,31-32,39H,1-3,8,10,13-14,17-23H2,4H3,(H,38,48)(H,40,47)(H,41,45)(H,42,50)/t28?,29-,31?,32-/m0/s1. The molecule has 4 atom stereocenters. The van der Waals surface area contributed by atoms with Crippen molar-refractivity contribution in [2.45, 2.75) is 82.5 Å². The van der Waals surface area contributed by atoms with E-state index in [1.807, 2.05) is 0 Å². The van der Waals surface area contributed by atoms with E-state index in [4.69, 9.17) is 4.74 Å². The monoisotopic (exact) mass is 706 g/mol. The third-order valence-electron chi connectivity index (χ3n) is 9.00. The molecule has 0 aromatic heterocycles. The highest BCUT2D eigenvalue weighted by Gasteiger charge is 2.42. The van der Waals surface area contributed by atoms with Crippen molar-refractivity contribution in [2.75, 3.05) is 19.7 Å². The summed E-state index contributed by atoms with van der Waals surface area (Å²) in [5, 5.41) is 11.3. The highest BCUT2D eigenvalue weighted by molar-refractivity contribution is 6.38. The highest BCUT2D eigenvalue weighted by atomic mass is 16.5. The lowest BCUT2D eigenvalue weighted by atomic mass is 9.83. The van der Waals surface area contributed by atoms with Gasteiger partial charge in [-0.25, -0.2) is 10.2 Å². The first-order valence-corrected chi connectivity index (χ1v) is 17.3. The second-order valence-corrected chi connectivity index (χ2v) is 12.7. The molecule has 0 spiro atoms. The van der Waals surface area contributed by atoms with E-state index < -0.39 is 66.2 Å². The van der Waals surface area contributed by atoms with Crippen molar-refractivity contribution >= 4 is 41.3 Å². The molecule has 1 aromatic carbocycles. The fraction of sp³-hybridized carbons (Fsp3) is 0.486. The maximum Gasteiger partial charge on any atom is 0.407 e. The van der Waals surface area contributed by atoms with Crippen molar-refractivity contribution in [3.8, 4) is 0 Å². The van der Waals surface area contributed by atoms with E-state index in [9.17, 15) is 33.6 Å². The predicted octanol–water partition coefficient (Wildman–Crippen LogP) is 2.34. The summed E-state index contributed by atoms with van der Waals surface area (Å²) < 4.78 is 5.33. The number of allylic oxidation sites excluding steroid dienone is 1. The Balaban J connectivity index is 1.66. The molecular formula is C37H50N6O8. The van der Waals surface area contributed by atoms with Crippen molar-refractivity contribution in [3.05, 3.63) is 73.9 Å². The molecule has 5 N–H and O–H groups in total. The highest BCUT2D eigenvalue weighted by Crippen LogP contribution is 2.28. The van der Waals surface area contributed by atoms with Crippen LogP contribution in [-0.4, -0.2) is 84.1 Å². The minimum Gasteiger partial charge on any atom is -0.449 e. The number of benzene rings is 1. The number of nitrogens with one attached hydrogen (secondary N) is 5. The van der Waals surface area contributed by atoms with Crippen LogP contribution < -0.4 is 26.7 Å². The SMILES string of the molecule is C=CCCC(NC(=O)[C@@H]1CCNN1C(=O)[C@@H](NC(=O)OCC(C=C)C=C)C1CCCCC1)C(=O)C(=O)NCC(=O)NC(C(C)=O)c1ccccc1. The first-order valence-electron chi connectivity index (χ1n) is 17.3. The van der Waals surface area contributed by atoms with E-state index in [1.54, 1.807) is 42.5 Å². The Morgan fingerprint density at radius 2 is 1.63 bits per heavy atom. The minimum absolute atomic E-state index is 0.00238. The second kappa shape index (κ2) is 20.5. The van der Waals surface area contributed by atoms with Crippen LogP contribution in [0.5, 0.6) is 0 Å². The Labute approximate surface area is 298 Å². The van der Waals surface area contributed by atoms with Gasteiger partial charge in [-0.3, -0.25) is 33.8 Å². The third kappa shape index (κ3) is 12.0. The van der Waals surface area contributed by atoms with Crippen LogP contribution in [0.2, 0.25) is 0 Å². The van der Waals surface area contributed by atoms with Gasteiger partial charge < -0.3 is 26.0 Å². The van der Waals surface area contributed by atoms with E-state index in [1.165, 1.54) is 18.0 Å². The Bertz CT molecular complexity index is 1440. The summed E-state index contributed by atoms with van der Waals surface area (Å²) in [5.41, 5.74) is 3.50. The van der Waals surface area contributed by atoms with E-state index in [2.05, 4.69) is 46.4 Å². The van der Waals surface area contributed by atoms with Gasteiger partial charge in [-0.2, -0.15) is 0 Å². The summed E-state index contributed by atoms with van der Waals surface area (Å²) in [6.07, 6.45) is 8.66. The van der Waals surface area contributed by atoms with Crippen molar-refractivity contribution < 1.29 is 38.3 Å². The van der Waals surface area contributed by atoms with Crippen LogP contribution in [0.4, 0.5) is 4.79 Å². The van der Waals surface area contributed by atoms with Crippen LogP contribution in [0.1, 0.15) is 69.9 Å². The van der Waals surface area contributed by atoms with E-state index >= 15 is 0 Å². The molecule has 51 heavy (non-hydrogen) atoms. The predicted molar refractivity (Wildman–Crippen MR) is 189 cm³/mol. The Morgan fingerprint density at radius 3 is 2.25 bits per heavy atom. The van der Waals surface area contributed by atoms with Gasteiger partial charge in [0.25, 0.3) is 11.8 Å². The van der Waals surface area contributed by atoms with Gasteiger partial charge in [0.15, 0.2) is 5.78 Å². The van der Waals surface area contributed by atoms with Gasteiger partial charge in [0.05, 0.1) is 12.6 Å². The number of carbonyl (C=O) groups is 7. The number of Topliss-reactive ketones (excluding diaryl/α,β-unsaturated/α-hetero) is 2. The van der Waals surface area contributed by atoms with Crippen LogP contribution in [0.15, 0.2) is 68.3 Å². The molecule has 1 heterocycles. The zero-order valence-corrected chi connectivity index (χ0v) is 29.2. The Kier molecular flexibility index (Phi) is 16.2. The molecular weight excluding hydrogens is 656 g/mol. The summed E-state index contributed by atoms with van der Waals surface area (Å²) in [6.45, 7) is 12.0. The van der Waals surface area contributed by atoms with Crippen LogP contribution in [-0.2, 0) is 33.5 Å². The zero-order valence-electron chi connectivity index (χ0n) is 29.2. The number of rotatable bonds is 19. The molecule has 276 valence electrons. The average molecular weight is 707 g/mol. The first-order chi connectivity index (χ1) is 24.5. The first kappa shape index (κ1) is 40.3. The summed E-state index contributed by atoms with van der Waals surface area (Å²) >= 11 is 0. The molecule has 2 aliphatic rings. The van der Waals surface area contributed by atoms with Gasteiger partial charge in [-0.15, -0.1) is 19.7 Å². The van der Waals surface area contributed by atoms with Gasteiger partial charge in [0.1, 0.15) is 24.7 Å². The average Bonchev–Trinajstić information content (AvgIpc) is 3.64. The van der Waals surface area contributed by atoms with Gasteiger partial charge in [0.2, 0.25) is 17.6 Å². The Morgan fingerprint density at radius 1 is 0.941 bits per heavy atom. The lowest BCUT2D eigenvalue weighted by molar-refractivity contribution is -0.145. The smallest absolute Gasteiger partial charge is 0.407 e. The molecule has 1 saturated carbocycles. The number of ketones is 2. The summed E-state index contributed by atoms with van der Waals surface area (Å²) in [5.74, 6) is -4.73. The molecule has 2 fully saturated rings. The van der Waals surface area contributed by atoms with E-state index in [0.717, 1.165) is 19.3 Å². The van der Waals surface area contributed by atoms with Gasteiger partial charge in [-0.05, 0) is 50.5 Å². The van der Waals surface area contributed by atoms with Crippen LogP contribution in [0.3, 0.4) is 0 Å². The van der Waals surface area contributed by atoms with E-state index in [0.29, 0.717) is 18.4 Å². The van der Waals surface area contributed by atoms with Crippen molar-refractivity contribution in [1.82, 2.24) is 31.7 Å². The normalized spacial score (nSPS) is 17.6. The van der Waals surface area contributed by atoms with Crippen LogP contribution in [0.25, 0.3) is 0 Å². The van der Waals surface area contributed by atoms with Gasteiger partial charge >= 0.3 is 6.09 Å². The molecule has 1 aromatic rings. The fourth-order valence-corrected chi connectivity index (χ4v) is 6.12. The number of alkyl carbamates (subject to hydrolysis) is 1. The molecule has 0 radical (unpaired) electrons. The van der Waals surface area contributed by atoms with Crippen molar-refractivity contribution in [3.63, 3.8) is 0 Å². The maximum atomic E-state index is 14.0. The Hall–Kier alpha value is -5.11. The number of ether oxygens (including phenoxy) is 1. The summed E-state index contributed by atoms with van der Waals surface area (Å²) in [6, 6.07) is 4.35. The molecule has 14 heteroatoms. The molecule has 1 saturated heterocycles. The van der Waals surface area contributed by atoms with Gasteiger partial charge in [-0.1, -0.05) is 67.8 Å².